The third kappa shape index (κ3) is 6.99. The van der Waals surface area contributed by atoms with Gasteiger partial charge in [0.1, 0.15) is 17.9 Å². The van der Waals surface area contributed by atoms with Gasteiger partial charge in [0.2, 0.25) is 5.91 Å². The summed E-state index contributed by atoms with van der Waals surface area (Å²) in [4.78, 5) is 56.7. The average molecular weight is 643 g/mol. The number of carbonyl (C=O) groups excluding carboxylic acids is 3. The third-order valence-electron chi connectivity index (χ3n) is 8.71. The van der Waals surface area contributed by atoms with E-state index in [0.717, 1.165) is 25.9 Å². The van der Waals surface area contributed by atoms with E-state index in [9.17, 15) is 29.6 Å². The van der Waals surface area contributed by atoms with Crippen LogP contribution in [0.3, 0.4) is 0 Å². The molecule has 2 amide bonds. The molecule has 12 nitrogen and oxygen atoms in total. The zero-order chi connectivity index (χ0) is 32.6. The maximum absolute atomic E-state index is 13.6. The van der Waals surface area contributed by atoms with Gasteiger partial charge in [0.25, 0.3) is 5.69 Å². The van der Waals surface area contributed by atoms with Crippen molar-refractivity contribution in [1.82, 2.24) is 14.7 Å². The molecule has 0 spiro atoms. The van der Waals surface area contributed by atoms with Crippen LogP contribution in [0.5, 0.6) is 0 Å². The van der Waals surface area contributed by atoms with Crippen LogP contribution in [-0.2, 0) is 25.7 Å². The quantitative estimate of drug-likeness (QED) is 0.178. The van der Waals surface area contributed by atoms with Crippen molar-refractivity contribution in [1.29, 1.82) is 0 Å². The SMILES string of the molecule is C[C@@H](O)[C@H]1C(=O)N2C(C(=O)OCc3ccc([N+](=O)[O-])cc3)=C(S[C@H]3C[C@@H](/C=C/N4CCCC4)N(C(=O)OC(C)(C)C)C3)[C@H](C)[C@H]12. The Labute approximate surface area is 267 Å². The smallest absolute Gasteiger partial charge is 0.410 e. The van der Waals surface area contributed by atoms with Crippen molar-refractivity contribution < 1.29 is 33.9 Å². The van der Waals surface area contributed by atoms with E-state index in [-0.39, 0.29) is 47.2 Å². The van der Waals surface area contributed by atoms with Crippen LogP contribution in [0.25, 0.3) is 0 Å². The van der Waals surface area contributed by atoms with Crippen LogP contribution in [-0.4, -0.2) is 91.4 Å². The molecule has 4 aliphatic rings. The van der Waals surface area contributed by atoms with E-state index >= 15 is 0 Å². The Kier molecular flexibility index (Phi) is 9.50. The summed E-state index contributed by atoms with van der Waals surface area (Å²) < 4.78 is 11.4. The lowest BCUT2D eigenvalue weighted by Gasteiger charge is -2.46. The number of fused-ring (bicyclic) bond motifs is 1. The number of aliphatic hydroxyl groups excluding tert-OH is 1. The number of thioether (sulfide) groups is 1. The average Bonchev–Trinajstić information content (AvgIpc) is 3.68. The zero-order valence-corrected chi connectivity index (χ0v) is 27.2. The lowest BCUT2D eigenvalue weighted by atomic mass is 9.79. The maximum Gasteiger partial charge on any atom is 0.410 e. The molecule has 1 aromatic rings. The van der Waals surface area contributed by atoms with Crippen molar-refractivity contribution in [3.05, 3.63) is 62.8 Å². The van der Waals surface area contributed by atoms with Crippen molar-refractivity contribution in [2.24, 2.45) is 11.8 Å². The van der Waals surface area contributed by atoms with Crippen LogP contribution in [0.1, 0.15) is 59.4 Å². The first-order valence-corrected chi connectivity index (χ1v) is 16.4. The summed E-state index contributed by atoms with van der Waals surface area (Å²) >= 11 is 1.48. The Hall–Kier alpha value is -3.58. The van der Waals surface area contributed by atoms with Gasteiger partial charge >= 0.3 is 12.1 Å². The fourth-order valence-electron chi connectivity index (χ4n) is 6.52. The van der Waals surface area contributed by atoms with E-state index in [1.807, 2.05) is 27.7 Å². The Balaban J connectivity index is 1.38. The van der Waals surface area contributed by atoms with Crippen LogP contribution in [0, 0.1) is 22.0 Å². The van der Waals surface area contributed by atoms with Gasteiger partial charge in [-0.05, 0) is 76.9 Å². The first kappa shape index (κ1) is 32.8. The molecule has 1 aromatic carbocycles. The molecular weight excluding hydrogens is 600 g/mol. The highest BCUT2D eigenvalue weighted by Crippen LogP contribution is 2.52. The molecule has 13 heteroatoms. The zero-order valence-electron chi connectivity index (χ0n) is 26.4. The van der Waals surface area contributed by atoms with Crippen LogP contribution >= 0.6 is 11.8 Å². The number of non-ortho nitro benzene ring substituents is 1. The maximum atomic E-state index is 13.6. The standard InChI is InChI=1S/C32H42N4O8S/c1-19-26-25(20(2)37)29(38)35(26)27(30(39)43-18-21-8-10-22(11-9-21)36(41)42)28(19)45-24-16-23(12-15-33-13-6-7-14-33)34(17-24)31(40)44-32(3,4)5/h8-12,15,19-20,23-26,37H,6-7,13-14,16-18H2,1-5H3/b15-12+/t19-,20-,23-,24+,25-,26-/m1/s1. The minimum absolute atomic E-state index is 0.0696. The minimum Gasteiger partial charge on any atom is -0.456 e. The van der Waals surface area contributed by atoms with Gasteiger partial charge in [-0.15, -0.1) is 11.8 Å². The molecule has 3 fully saturated rings. The monoisotopic (exact) mass is 642 g/mol. The lowest BCUT2D eigenvalue weighted by molar-refractivity contribution is -0.384. The number of aliphatic hydroxyl groups is 1. The number of hydrogen-bond donors (Lipinski definition) is 1. The molecular formula is C32H42N4O8S. The highest BCUT2D eigenvalue weighted by Gasteiger charge is 2.60. The number of nitrogens with zero attached hydrogens (tertiary/aromatic N) is 4. The van der Waals surface area contributed by atoms with Crippen molar-refractivity contribution in [3.8, 4) is 0 Å². The van der Waals surface area contributed by atoms with Crippen LogP contribution in [0.15, 0.2) is 47.1 Å². The molecule has 45 heavy (non-hydrogen) atoms. The largest absolute Gasteiger partial charge is 0.456 e. The first-order valence-electron chi connectivity index (χ1n) is 15.5. The van der Waals surface area contributed by atoms with Gasteiger partial charge < -0.3 is 29.3 Å². The predicted molar refractivity (Wildman–Crippen MR) is 168 cm³/mol. The van der Waals surface area contributed by atoms with Gasteiger partial charge in [0.05, 0.1) is 29.0 Å². The number of ether oxygens (including phenoxy) is 2. The summed E-state index contributed by atoms with van der Waals surface area (Å²) in [5.74, 6) is -1.86. The molecule has 1 N–H and O–H groups in total. The first-order chi connectivity index (χ1) is 21.2. The fraction of sp³-hybridized carbons (Fsp3) is 0.594. The second-order valence-corrected chi connectivity index (χ2v) is 14.6. The van der Waals surface area contributed by atoms with E-state index in [1.54, 1.807) is 11.8 Å². The highest BCUT2D eigenvalue weighted by molar-refractivity contribution is 8.03. The fourth-order valence-corrected chi connectivity index (χ4v) is 8.05. The Bertz CT molecular complexity index is 1380. The van der Waals surface area contributed by atoms with Crippen molar-refractivity contribution in [2.45, 2.75) is 89.5 Å². The van der Waals surface area contributed by atoms with Gasteiger partial charge in [-0.1, -0.05) is 6.92 Å². The molecule has 0 radical (unpaired) electrons. The Morgan fingerprint density at radius 1 is 1.20 bits per heavy atom. The molecule has 0 bridgehead atoms. The third-order valence-corrected chi connectivity index (χ3v) is 10.2. The Morgan fingerprint density at radius 2 is 1.87 bits per heavy atom. The number of nitro groups is 1. The number of β-lactam (4-membered cyclic amide) rings is 1. The summed E-state index contributed by atoms with van der Waals surface area (Å²) in [5.41, 5.74) is 0.0119. The number of esters is 1. The molecule has 0 saturated carbocycles. The van der Waals surface area contributed by atoms with E-state index < -0.39 is 34.6 Å². The summed E-state index contributed by atoms with van der Waals surface area (Å²) in [5, 5.41) is 21.3. The van der Waals surface area contributed by atoms with Crippen LogP contribution < -0.4 is 0 Å². The molecule has 4 aliphatic heterocycles. The number of nitro benzene ring substituents is 1. The number of likely N-dealkylation sites (tertiary alicyclic amines) is 2. The molecule has 3 saturated heterocycles. The van der Waals surface area contributed by atoms with E-state index in [1.165, 1.54) is 40.9 Å². The second kappa shape index (κ2) is 13.0. The number of hydrogen-bond acceptors (Lipinski definition) is 10. The van der Waals surface area contributed by atoms with Gasteiger partial charge in [-0.2, -0.15) is 0 Å². The van der Waals surface area contributed by atoms with Gasteiger partial charge in [0.15, 0.2) is 0 Å². The van der Waals surface area contributed by atoms with E-state index in [2.05, 4.69) is 17.2 Å². The molecule has 0 unspecified atom stereocenters. The van der Waals surface area contributed by atoms with Gasteiger partial charge in [0, 0.05) is 47.8 Å². The number of benzene rings is 1. The van der Waals surface area contributed by atoms with E-state index in [0.29, 0.717) is 23.4 Å². The molecule has 0 aromatic heterocycles. The molecule has 4 heterocycles. The number of carbonyl (C=O) groups is 3. The van der Waals surface area contributed by atoms with Crippen LogP contribution in [0.4, 0.5) is 10.5 Å². The summed E-state index contributed by atoms with van der Waals surface area (Å²) in [6, 6.07) is 5.15. The van der Waals surface area contributed by atoms with Crippen LogP contribution in [0.2, 0.25) is 0 Å². The minimum atomic E-state index is -0.878. The van der Waals surface area contributed by atoms with Crippen molar-refractivity contribution in [2.75, 3.05) is 19.6 Å². The van der Waals surface area contributed by atoms with Crippen molar-refractivity contribution in [3.63, 3.8) is 0 Å². The topological polar surface area (TPSA) is 143 Å². The lowest BCUT2D eigenvalue weighted by Crippen LogP contribution is -2.63. The predicted octanol–water partition coefficient (Wildman–Crippen LogP) is 4.43. The molecule has 0 aliphatic carbocycles. The van der Waals surface area contributed by atoms with Gasteiger partial charge in [-0.3, -0.25) is 14.9 Å². The van der Waals surface area contributed by atoms with E-state index in [4.69, 9.17) is 9.47 Å². The molecule has 5 rings (SSSR count). The van der Waals surface area contributed by atoms with Crippen molar-refractivity contribution >= 4 is 35.4 Å². The molecule has 6 atom stereocenters. The summed E-state index contributed by atoms with van der Waals surface area (Å²) in [6.45, 7) is 11.3. The Morgan fingerprint density at radius 3 is 2.47 bits per heavy atom. The normalized spacial score (nSPS) is 27.2. The highest BCUT2D eigenvalue weighted by atomic mass is 32.2. The summed E-state index contributed by atoms with van der Waals surface area (Å²) in [7, 11) is 0. The number of amides is 2. The number of rotatable bonds is 9. The van der Waals surface area contributed by atoms with Gasteiger partial charge in [-0.25, -0.2) is 9.59 Å². The summed E-state index contributed by atoms with van der Waals surface area (Å²) in [6.07, 6.45) is 5.77. The second-order valence-electron chi connectivity index (χ2n) is 13.2. The molecule has 244 valence electrons.